The summed E-state index contributed by atoms with van der Waals surface area (Å²) in [5.41, 5.74) is 10.8. The molecule has 12 rings (SSSR count). The molecule has 0 atom stereocenters. The Morgan fingerprint density at radius 1 is 0.459 bits per heavy atom. The molecule has 0 unspecified atom stereocenters. The zero-order valence-electron chi connectivity index (χ0n) is 46.8. The van der Waals surface area contributed by atoms with Gasteiger partial charge in [-0.15, -0.1) is 0 Å². The van der Waals surface area contributed by atoms with Crippen molar-refractivity contribution in [1.29, 1.82) is 0 Å². The Morgan fingerprint density at radius 2 is 0.812 bits per heavy atom. The predicted octanol–water partition coefficient (Wildman–Crippen LogP) is 15.3. The third-order valence-electron chi connectivity index (χ3n) is 14.1. The van der Waals surface area contributed by atoms with Crippen molar-refractivity contribution >= 4 is 122 Å². The number of hydrogen-bond donors (Lipinski definition) is 3. The molecule has 85 heavy (non-hydrogen) atoms. The van der Waals surface area contributed by atoms with E-state index in [1.54, 1.807) is 54.9 Å². The number of fused-ring (bicyclic) bond motifs is 6. The van der Waals surface area contributed by atoms with E-state index in [2.05, 4.69) is 99.8 Å². The molecular weight excluding hydrogens is 1180 g/mol. The van der Waals surface area contributed by atoms with Crippen LogP contribution in [0.25, 0.3) is 65.4 Å². The van der Waals surface area contributed by atoms with Crippen LogP contribution in [0.4, 0.5) is 0 Å². The molecule has 6 aromatic heterocycles. The van der Waals surface area contributed by atoms with Gasteiger partial charge in [-0.25, -0.2) is 14.4 Å². The molecule has 0 fully saturated rings. The van der Waals surface area contributed by atoms with E-state index in [9.17, 15) is 24.6 Å². The van der Waals surface area contributed by atoms with E-state index in [4.69, 9.17) is 33.4 Å². The van der Waals surface area contributed by atoms with E-state index >= 15 is 0 Å². The summed E-state index contributed by atoms with van der Waals surface area (Å²) in [5, 5.41) is 61.9. The first kappa shape index (κ1) is 62.7. The lowest BCUT2D eigenvalue weighted by molar-refractivity contribution is 0.0686. The summed E-state index contributed by atoms with van der Waals surface area (Å²) >= 11 is 16.3. The van der Waals surface area contributed by atoms with Gasteiger partial charge in [-0.2, -0.15) is 30.6 Å². The molecule has 6 aromatic carbocycles. The Bertz CT molecular complexity index is 4250. The average molecular weight is 1250 g/mol. The summed E-state index contributed by atoms with van der Waals surface area (Å²) in [5.74, 6) is -1.39. The summed E-state index contributed by atoms with van der Waals surface area (Å²) in [6, 6.07) is 27.2. The van der Waals surface area contributed by atoms with Gasteiger partial charge >= 0.3 is 17.9 Å². The van der Waals surface area contributed by atoms with Gasteiger partial charge in [0.25, 0.3) is 0 Å². The van der Waals surface area contributed by atoms with Crippen molar-refractivity contribution in [2.24, 2.45) is 17.8 Å². The van der Waals surface area contributed by atoms with Crippen LogP contribution in [0.2, 0.25) is 10.0 Å². The number of benzene rings is 6. The SMILES string of the molecule is C.C.CC(C)Cn1ncc2cc(Br)cc(Cn3ncc4cc(C(=O)O)ccc43)c21.CC(C)Cn1ncc2cc(Cl)cc(Cn3ncc4cc(C(=O)O)ccc43)c21.CCc1nn(Cc2cc(Cl)cc3cnn(CC(C)C)c23)c2ccc(C(=O)O)cc12. The van der Waals surface area contributed by atoms with Gasteiger partial charge in [-0.3, -0.25) is 28.1 Å². The van der Waals surface area contributed by atoms with Gasteiger partial charge in [0, 0.05) is 83.2 Å². The highest BCUT2D eigenvalue weighted by Crippen LogP contribution is 2.31. The van der Waals surface area contributed by atoms with Crippen LogP contribution in [-0.4, -0.2) is 91.9 Å². The molecule has 0 saturated heterocycles. The highest BCUT2D eigenvalue weighted by Gasteiger charge is 2.19. The van der Waals surface area contributed by atoms with Gasteiger partial charge in [0.2, 0.25) is 0 Å². The molecule has 442 valence electrons. The van der Waals surface area contributed by atoms with Crippen LogP contribution < -0.4 is 0 Å². The standard InChI is InChI=1S/C22H23ClN4O2.C20H19BrN4O2.C20H19ClN4O2.2CH4/c1-4-19-18-9-14(22(28)29)5-6-20(18)26(25-19)12-16-8-17(23)7-15-10-24-27(21(15)16)11-13(2)3;2*1-12(2)10-25-19-15(9-23-25)6-17(21)7-16(19)11-24-18-4-3-13(20(26)27)5-14(18)8-22-24;;/h5-10,13H,4,11-12H2,1-3H3,(H,28,29);2*3-9,12H,10-11H2,1-2H3,(H,26,27);2*1H4. The van der Waals surface area contributed by atoms with Gasteiger partial charge < -0.3 is 15.3 Å². The minimum Gasteiger partial charge on any atom is -0.478 e. The van der Waals surface area contributed by atoms with Gasteiger partial charge in [0.05, 0.1) is 106 Å². The predicted molar refractivity (Wildman–Crippen MR) is 342 cm³/mol. The number of halogens is 3. The molecule has 0 aliphatic rings. The highest BCUT2D eigenvalue weighted by atomic mass is 79.9. The summed E-state index contributed by atoms with van der Waals surface area (Å²) < 4.78 is 12.8. The number of rotatable bonds is 16. The van der Waals surface area contributed by atoms with Crippen molar-refractivity contribution in [2.75, 3.05) is 0 Å². The number of carboxylic acids is 3. The maximum atomic E-state index is 11.4. The van der Waals surface area contributed by atoms with Gasteiger partial charge in [0.1, 0.15) is 0 Å². The number of carboxylic acid groups (broad SMARTS) is 3. The molecule has 0 bridgehead atoms. The van der Waals surface area contributed by atoms with Gasteiger partial charge in [-0.05, 0) is 115 Å². The van der Waals surface area contributed by atoms with Crippen LogP contribution >= 0.6 is 39.1 Å². The van der Waals surface area contributed by atoms with Crippen LogP contribution in [0.1, 0.15) is 117 Å². The zero-order valence-corrected chi connectivity index (χ0v) is 49.9. The first-order valence-corrected chi connectivity index (χ1v) is 28.8. The first-order valence-electron chi connectivity index (χ1n) is 27.2. The quantitative estimate of drug-likeness (QED) is 0.0823. The lowest BCUT2D eigenvalue weighted by Crippen LogP contribution is -2.09. The molecule has 12 aromatic rings. The molecule has 0 saturated carbocycles. The molecule has 0 aliphatic heterocycles. The van der Waals surface area contributed by atoms with E-state index in [0.717, 1.165) is 118 Å². The summed E-state index contributed by atoms with van der Waals surface area (Å²) in [6.07, 6.45) is 9.71. The Morgan fingerprint density at radius 3 is 1.21 bits per heavy atom. The van der Waals surface area contributed by atoms with E-state index in [0.29, 0.717) is 47.4 Å². The van der Waals surface area contributed by atoms with Crippen LogP contribution in [0.3, 0.4) is 0 Å². The number of nitrogens with zero attached hydrogens (tertiary/aromatic N) is 12. The largest absolute Gasteiger partial charge is 0.478 e. The minimum atomic E-state index is -0.946. The fraction of sp³-hybridized carbons (Fsp3) is 0.297. The van der Waals surface area contributed by atoms with Crippen molar-refractivity contribution in [3.8, 4) is 0 Å². The molecule has 6 heterocycles. The van der Waals surface area contributed by atoms with Crippen LogP contribution in [0.5, 0.6) is 0 Å². The van der Waals surface area contributed by atoms with Gasteiger partial charge in [-0.1, -0.05) is 102 Å². The van der Waals surface area contributed by atoms with Crippen LogP contribution in [0.15, 0.2) is 126 Å². The second-order valence-electron chi connectivity index (χ2n) is 21.9. The average Bonchev–Trinajstić information content (AvgIpc) is 2.58. The van der Waals surface area contributed by atoms with E-state index in [1.807, 2.05) is 85.3 Å². The second kappa shape index (κ2) is 26.3. The highest BCUT2D eigenvalue weighted by molar-refractivity contribution is 9.10. The number of hydrogen-bond acceptors (Lipinski definition) is 9. The Balaban J connectivity index is 0.000000164. The minimum absolute atomic E-state index is 0. The maximum Gasteiger partial charge on any atom is 0.335 e. The fourth-order valence-corrected chi connectivity index (χ4v) is 11.6. The number of carbonyl (C=O) groups is 3. The fourth-order valence-electron chi connectivity index (χ4n) is 10.6. The molecular formula is C64H69BrCl2N12O6. The molecule has 18 nitrogen and oxygen atoms in total. The summed E-state index contributed by atoms with van der Waals surface area (Å²) in [4.78, 5) is 33.7. The summed E-state index contributed by atoms with van der Waals surface area (Å²) in [6.45, 7) is 19.1. The van der Waals surface area contributed by atoms with Crippen molar-refractivity contribution < 1.29 is 29.7 Å². The lowest BCUT2D eigenvalue weighted by atomic mass is 10.1. The van der Waals surface area contributed by atoms with Crippen LogP contribution in [0, 0.1) is 17.8 Å². The van der Waals surface area contributed by atoms with Crippen molar-refractivity contribution in [2.45, 2.75) is 109 Å². The molecule has 0 amide bonds. The first-order chi connectivity index (χ1) is 39.7. The van der Waals surface area contributed by atoms with E-state index in [-0.39, 0.29) is 31.5 Å². The van der Waals surface area contributed by atoms with Gasteiger partial charge in [0.15, 0.2) is 0 Å². The third kappa shape index (κ3) is 13.6. The van der Waals surface area contributed by atoms with Crippen LogP contribution in [-0.2, 0) is 45.7 Å². The molecule has 3 N–H and O–H groups in total. The molecule has 0 spiro atoms. The lowest BCUT2D eigenvalue weighted by Gasteiger charge is -2.12. The monoisotopic (exact) mass is 1250 g/mol. The number of aryl methyl sites for hydroxylation is 1. The third-order valence-corrected chi connectivity index (χ3v) is 15.0. The van der Waals surface area contributed by atoms with Crippen molar-refractivity contribution in [3.05, 3.63) is 176 Å². The maximum absolute atomic E-state index is 11.4. The topological polar surface area (TPSA) is 219 Å². The zero-order chi connectivity index (χ0) is 59.0. The number of aromatic carboxylic acids is 3. The Labute approximate surface area is 510 Å². The smallest absolute Gasteiger partial charge is 0.335 e. The molecule has 0 radical (unpaired) electrons. The second-order valence-corrected chi connectivity index (χ2v) is 23.7. The van der Waals surface area contributed by atoms with Crippen molar-refractivity contribution in [3.63, 3.8) is 0 Å². The van der Waals surface area contributed by atoms with E-state index < -0.39 is 17.9 Å². The Kier molecular flexibility index (Phi) is 19.4. The normalized spacial score (nSPS) is 11.4. The summed E-state index contributed by atoms with van der Waals surface area (Å²) in [7, 11) is 0. The molecule has 21 heteroatoms. The number of aromatic nitrogens is 12. The Hall–Kier alpha value is -8.39. The van der Waals surface area contributed by atoms with Crippen molar-refractivity contribution in [1.82, 2.24) is 58.7 Å². The van der Waals surface area contributed by atoms with E-state index in [1.165, 1.54) is 0 Å². The molecule has 0 aliphatic carbocycles.